The fraction of sp³-hybridized carbons (Fsp3) is 0.190. The van der Waals surface area contributed by atoms with Gasteiger partial charge in [0.25, 0.3) is 5.91 Å². The second-order valence-corrected chi connectivity index (χ2v) is 7.13. The number of thiazole rings is 1. The van der Waals surface area contributed by atoms with Gasteiger partial charge in [-0.15, -0.1) is 11.3 Å². The summed E-state index contributed by atoms with van der Waals surface area (Å²) in [5.74, 6) is -0.978. The highest BCUT2D eigenvalue weighted by atomic mass is 32.1. The highest BCUT2D eigenvalue weighted by molar-refractivity contribution is 7.07. The van der Waals surface area contributed by atoms with Gasteiger partial charge in [-0.05, 0) is 35.9 Å². The Balaban J connectivity index is 1.82. The largest absolute Gasteiger partial charge is 0.493 e. The molecule has 2 aromatic carbocycles. The smallest absolute Gasteiger partial charge is 0.254 e. The van der Waals surface area contributed by atoms with Crippen LogP contribution in [0.5, 0.6) is 11.5 Å². The van der Waals surface area contributed by atoms with Gasteiger partial charge in [0.1, 0.15) is 18.5 Å². The number of likely N-dealkylation sites (N-methyl/N-ethyl adjacent to an activating group) is 1. The quantitative estimate of drug-likeness (QED) is 0.594. The van der Waals surface area contributed by atoms with Crippen molar-refractivity contribution < 1.29 is 23.5 Å². The summed E-state index contributed by atoms with van der Waals surface area (Å²) in [6, 6.07) is 8.97. The maximum Gasteiger partial charge on any atom is 0.254 e. The van der Waals surface area contributed by atoms with Crippen LogP contribution in [0.15, 0.2) is 53.4 Å². The average Bonchev–Trinajstić information content (AvgIpc) is 3.25. The van der Waals surface area contributed by atoms with E-state index in [0.717, 1.165) is 5.69 Å². The molecule has 2 N–H and O–H groups in total. The van der Waals surface area contributed by atoms with E-state index in [1.165, 1.54) is 60.7 Å². The first kappa shape index (κ1) is 21.3. The maximum atomic E-state index is 13.6. The summed E-state index contributed by atoms with van der Waals surface area (Å²) in [7, 11) is 2.89. The Kier molecular flexibility index (Phi) is 6.63. The molecule has 0 fully saturated rings. The first-order valence-electron chi connectivity index (χ1n) is 8.90. The van der Waals surface area contributed by atoms with Gasteiger partial charge in [0.2, 0.25) is 5.91 Å². The van der Waals surface area contributed by atoms with E-state index >= 15 is 0 Å². The summed E-state index contributed by atoms with van der Waals surface area (Å²) in [6.45, 7) is 0.260. The molecule has 9 heteroatoms. The zero-order valence-electron chi connectivity index (χ0n) is 16.4. The minimum Gasteiger partial charge on any atom is -0.493 e. The summed E-state index contributed by atoms with van der Waals surface area (Å²) in [5, 5.41) is 1.87. The van der Waals surface area contributed by atoms with E-state index in [4.69, 9.17) is 15.2 Å². The van der Waals surface area contributed by atoms with E-state index in [-0.39, 0.29) is 17.7 Å². The number of rotatable bonds is 8. The second-order valence-electron chi connectivity index (χ2n) is 6.41. The zero-order chi connectivity index (χ0) is 21.7. The van der Waals surface area contributed by atoms with Gasteiger partial charge in [-0.3, -0.25) is 9.59 Å². The van der Waals surface area contributed by atoms with Gasteiger partial charge in [-0.25, -0.2) is 9.37 Å². The topological polar surface area (TPSA) is 94.8 Å². The Bertz CT molecular complexity index is 1040. The van der Waals surface area contributed by atoms with Crippen molar-refractivity contribution in [2.75, 3.05) is 14.2 Å². The number of ether oxygens (including phenoxy) is 2. The van der Waals surface area contributed by atoms with E-state index in [2.05, 4.69) is 4.98 Å². The molecule has 0 aliphatic rings. The van der Waals surface area contributed by atoms with Gasteiger partial charge in [0.05, 0.1) is 18.3 Å². The molecular weight excluding hydrogens is 409 g/mol. The lowest BCUT2D eigenvalue weighted by molar-refractivity contribution is -0.122. The molecule has 1 unspecified atom stereocenters. The number of primary amides is 1. The lowest BCUT2D eigenvalue weighted by Gasteiger charge is -2.26. The molecule has 2 amide bonds. The van der Waals surface area contributed by atoms with Crippen LogP contribution in [-0.4, -0.2) is 35.9 Å². The van der Waals surface area contributed by atoms with Crippen molar-refractivity contribution in [3.63, 3.8) is 0 Å². The number of nitrogens with two attached hydrogens (primary N) is 1. The van der Waals surface area contributed by atoms with Crippen LogP contribution in [0.4, 0.5) is 4.39 Å². The number of carbonyl (C=O) groups excluding carboxylic acids is 2. The fourth-order valence-corrected chi connectivity index (χ4v) is 3.50. The van der Waals surface area contributed by atoms with Gasteiger partial charge in [0, 0.05) is 18.0 Å². The molecular formula is C21H20FN3O4S. The van der Waals surface area contributed by atoms with Crippen molar-refractivity contribution in [3.8, 4) is 11.5 Å². The number of halogens is 1. The van der Waals surface area contributed by atoms with E-state index in [1.807, 2.05) is 5.38 Å². The molecule has 3 aromatic rings. The first-order chi connectivity index (χ1) is 14.4. The van der Waals surface area contributed by atoms with Crippen molar-refractivity contribution in [1.29, 1.82) is 0 Å². The van der Waals surface area contributed by atoms with Gasteiger partial charge < -0.3 is 20.1 Å². The third kappa shape index (κ3) is 4.74. The Morgan fingerprint density at radius 3 is 2.67 bits per heavy atom. The van der Waals surface area contributed by atoms with Crippen molar-refractivity contribution in [1.82, 2.24) is 9.88 Å². The molecule has 0 spiro atoms. The number of methoxy groups -OCH3 is 1. The number of carbonyl (C=O) groups is 2. The predicted molar refractivity (Wildman–Crippen MR) is 110 cm³/mol. The molecule has 7 nitrogen and oxygen atoms in total. The van der Waals surface area contributed by atoms with Crippen LogP contribution in [-0.2, 0) is 11.4 Å². The Morgan fingerprint density at radius 2 is 2.03 bits per heavy atom. The average molecular weight is 429 g/mol. The number of hydrogen-bond donors (Lipinski definition) is 1. The zero-order valence-corrected chi connectivity index (χ0v) is 17.2. The monoisotopic (exact) mass is 429 g/mol. The minimum absolute atomic E-state index is 0.260. The highest BCUT2D eigenvalue weighted by Crippen LogP contribution is 2.30. The maximum absolute atomic E-state index is 13.6. The van der Waals surface area contributed by atoms with Crippen LogP contribution < -0.4 is 15.2 Å². The van der Waals surface area contributed by atoms with Crippen LogP contribution in [0.3, 0.4) is 0 Å². The van der Waals surface area contributed by atoms with Gasteiger partial charge in [-0.1, -0.05) is 12.1 Å². The normalized spacial score (nSPS) is 11.6. The highest BCUT2D eigenvalue weighted by Gasteiger charge is 2.28. The lowest BCUT2D eigenvalue weighted by Crippen LogP contribution is -2.39. The third-order valence-electron chi connectivity index (χ3n) is 4.41. The molecule has 0 radical (unpaired) electrons. The molecule has 0 saturated heterocycles. The van der Waals surface area contributed by atoms with E-state index in [0.29, 0.717) is 11.5 Å². The van der Waals surface area contributed by atoms with Gasteiger partial charge >= 0.3 is 0 Å². The van der Waals surface area contributed by atoms with E-state index < -0.39 is 23.7 Å². The van der Waals surface area contributed by atoms with Gasteiger partial charge in [0.15, 0.2) is 11.5 Å². The number of hydrogen-bond acceptors (Lipinski definition) is 6. The van der Waals surface area contributed by atoms with E-state index in [1.54, 1.807) is 17.6 Å². The van der Waals surface area contributed by atoms with Crippen molar-refractivity contribution in [3.05, 3.63) is 76.0 Å². The van der Waals surface area contributed by atoms with E-state index in [9.17, 15) is 14.0 Å². The predicted octanol–water partition coefficient (Wildman–Crippen LogP) is 3.17. The van der Waals surface area contributed by atoms with Crippen molar-refractivity contribution >= 4 is 23.2 Å². The Labute approximate surface area is 176 Å². The lowest BCUT2D eigenvalue weighted by atomic mass is 10.0. The Morgan fingerprint density at radius 1 is 1.23 bits per heavy atom. The van der Waals surface area contributed by atoms with Crippen molar-refractivity contribution in [2.45, 2.75) is 12.6 Å². The number of amides is 2. The molecule has 30 heavy (non-hydrogen) atoms. The standard InChI is InChI=1S/C21H20FN3O4S/c1-25(19(20(23)26)13-4-3-5-15(22)8-13)21(27)14-6-7-17(18(9-14)28-2)29-10-16-11-30-12-24-16/h3-9,11-12,19H,10H2,1-2H3,(H2,23,26). The molecule has 1 heterocycles. The van der Waals surface area contributed by atoms with Gasteiger partial charge in [-0.2, -0.15) is 0 Å². The molecule has 3 rings (SSSR count). The van der Waals surface area contributed by atoms with Crippen molar-refractivity contribution in [2.24, 2.45) is 5.73 Å². The van der Waals surface area contributed by atoms with Crippen LogP contribution in [0.25, 0.3) is 0 Å². The summed E-state index contributed by atoms with van der Waals surface area (Å²) < 4.78 is 24.7. The van der Waals surface area contributed by atoms with Crippen LogP contribution in [0, 0.1) is 5.82 Å². The number of nitrogens with zero attached hydrogens (tertiary/aromatic N) is 2. The summed E-state index contributed by atoms with van der Waals surface area (Å²) in [5.41, 5.74) is 8.53. The number of benzene rings is 2. The van der Waals surface area contributed by atoms with Crippen LogP contribution >= 0.6 is 11.3 Å². The fourth-order valence-electron chi connectivity index (χ4n) is 2.96. The number of aromatic nitrogens is 1. The molecule has 156 valence electrons. The molecule has 1 atom stereocenters. The molecule has 0 aliphatic heterocycles. The minimum atomic E-state index is -1.13. The summed E-state index contributed by atoms with van der Waals surface area (Å²) in [6.07, 6.45) is 0. The first-order valence-corrected chi connectivity index (χ1v) is 9.85. The van der Waals surface area contributed by atoms with Crippen LogP contribution in [0.2, 0.25) is 0 Å². The SMILES string of the molecule is COc1cc(C(=O)N(C)C(C(N)=O)c2cccc(F)c2)ccc1OCc1cscn1. The second kappa shape index (κ2) is 9.36. The summed E-state index contributed by atoms with van der Waals surface area (Å²) in [4.78, 5) is 30.3. The van der Waals surface area contributed by atoms with Crippen LogP contribution in [0.1, 0.15) is 27.7 Å². The molecule has 0 bridgehead atoms. The summed E-state index contributed by atoms with van der Waals surface area (Å²) >= 11 is 1.46. The third-order valence-corrected chi connectivity index (χ3v) is 5.05. The molecule has 1 aromatic heterocycles. The Hall–Kier alpha value is -3.46. The molecule has 0 aliphatic carbocycles. The molecule has 0 saturated carbocycles.